The summed E-state index contributed by atoms with van der Waals surface area (Å²) >= 11 is 0. The second-order valence-corrected chi connectivity index (χ2v) is 7.17. The number of carbonyl (C=O) groups is 1. The minimum Gasteiger partial charge on any atom is -0.331 e. The van der Waals surface area contributed by atoms with Gasteiger partial charge in [0.2, 0.25) is 0 Å². The Morgan fingerprint density at radius 3 is 2.44 bits per heavy atom. The number of benzene rings is 2. The lowest BCUT2D eigenvalue weighted by Crippen LogP contribution is -2.32. The van der Waals surface area contributed by atoms with Crippen LogP contribution in [0, 0.1) is 6.92 Å². The quantitative estimate of drug-likeness (QED) is 0.666. The van der Waals surface area contributed by atoms with Crippen LogP contribution < -0.4 is 0 Å². The monoisotopic (exact) mass is 360 g/mol. The Labute approximate surface area is 159 Å². The molecule has 0 unspecified atom stereocenters. The third-order valence-electron chi connectivity index (χ3n) is 5.07. The van der Waals surface area contributed by atoms with Crippen molar-refractivity contribution in [1.82, 2.24) is 19.7 Å². The molecule has 5 nitrogen and oxygen atoms in total. The van der Waals surface area contributed by atoms with E-state index in [1.54, 1.807) is 6.33 Å². The number of amides is 1. The molecule has 5 heteroatoms. The number of aryl methyl sites for hydroxylation is 2. The lowest BCUT2D eigenvalue weighted by Gasteiger charge is -2.23. The van der Waals surface area contributed by atoms with E-state index in [9.17, 15) is 4.79 Å². The van der Waals surface area contributed by atoms with Crippen molar-refractivity contribution in [3.05, 3.63) is 71.5 Å². The first-order valence-electron chi connectivity index (χ1n) is 9.50. The molecule has 0 spiro atoms. The molecule has 1 aliphatic carbocycles. The highest BCUT2D eigenvalue weighted by atomic mass is 16.2. The van der Waals surface area contributed by atoms with Crippen LogP contribution >= 0.6 is 0 Å². The molecule has 1 heterocycles. The van der Waals surface area contributed by atoms with Gasteiger partial charge in [0, 0.05) is 30.3 Å². The molecular weight excluding hydrogens is 336 g/mol. The maximum Gasteiger partial charge on any atom is 0.254 e. The summed E-state index contributed by atoms with van der Waals surface area (Å²) in [6.07, 6.45) is 3.91. The van der Waals surface area contributed by atoms with Crippen LogP contribution in [0.4, 0.5) is 0 Å². The molecule has 0 N–H and O–H groups in total. The van der Waals surface area contributed by atoms with E-state index in [1.165, 1.54) is 11.1 Å². The Balaban J connectivity index is 1.54. The minimum absolute atomic E-state index is 0.0987. The molecule has 1 fully saturated rings. The van der Waals surface area contributed by atoms with Crippen molar-refractivity contribution in [2.24, 2.45) is 0 Å². The molecule has 0 aliphatic heterocycles. The van der Waals surface area contributed by atoms with Gasteiger partial charge in [0.15, 0.2) is 5.82 Å². The fraction of sp³-hybridized carbons (Fsp3) is 0.318. The SMILES string of the molecule is CCn1cnnc1-c1ccc(C(=O)N(Cc2ccc(C)cc2)C2CC2)cc1. The van der Waals surface area contributed by atoms with Crippen LogP contribution in [0.1, 0.15) is 41.3 Å². The number of hydrogen-bond acceptors (Lipinski definition) is 3. The largest absolute Gasteiger partial charge is 0.331 e. The molecule has 1 aliphatic rings. The summed E-state index contributed by atoms with van der Waals surface area (Å²) in [5.41, 5.74) is 4.11. The summed E-state index contributed by atoms with van der Waals surface area (Å²) in [6, 6.07) is 16.5. The van der Waals surface area contributed by atoms with Crippen LogP contribution in [0.2, 0.25) is 0 Å². The Morgan fingerprint density at radius 2 is 1.81 bits per heavy atom. The van der Waals surface area contributed by atoms with E-state index in [2.05, 4.69) is 48.3 Å². The highest BCUT2D eigenvalue weighted by Crippen LogP contribution is 2.30. The number of nitrogens with zero attached hydrogens (tertiary/aromatic N) is 4. The van der Waals surface area contributed by atoms with E-state index < -0.39 is 0 Å². The maximum absolute atomic E-state index is 13.1. The van der Waals surface area contributed by atoms with Crippen LogP contribution in [0.25, 0.3) is 11.4 Å². The summed E-state index contributed by atoms with van der Waals surface area (Å²) in [7, 11) is 0. The lowest BCUT2D eigenvalue weighted by atomic mass is 10.1. The van der Waals surface area contributed by atoms with Crippen LogP contribution in [0.15, 0.2) is 54.9 Å². The average molecular weight is 360 g/mol. The second kappa shape index (κ2) is 7.35. The third-order valence-corrected chi connectivity index (χ3v) is 5.07. The van der Waals surface area contributed by atoms with Gasteiger partial charge in [-0.2, -0.15) is 0 Å². The summed E-state index contributed by atoms with van der Waals surface area (Å²) in [6.45, 7) is 5.61. The Hall–Kier alpha value is -2.95. The first-order valence-corrected chi connectivity index (χ1v) is 9.50. The normalized spacial score (nSPS) is 13.6. The zero-order valence-electron chi connectivity index (χ0n) is 15.8. The molecule has 3 aromatic rings. The molecule has 4 rings (SSSR count). The molecule has 2 aromatic carbocycles. The van der Waals surface area contributed by atoms with Gasteiger partial charge in [-0.1, -0.05) is 42.0 Å². The van der Waals surface area contributed by atoms with E-state index in [0.717, 1.165) is 36.3 Å². The second-order valence-electron chi connectivity index (χ2n) is 7.17. The number of rotatable bonds is 6. The van der Waals surface area contributed by atoms with Gasteiger partial charge in [-0.3, -0.25) is 4.79 Å². The lowest BCUT2D eigenvalue weighted by molar-refractivity contribution is 0.0730. The predicted octanol–water partition coefficient (Wildman–Crippen LogP) is 4.08. The van der Waals surface area contributed by atoms with Crippen LogP contribution in [0.3, 0.4) is 0 Å². The van der Waals surface area contributed by atoms with Gasteiger partial charge in [-0.05, 0) is 44.4 Å². The van der Waals surface area contributed by atoms with Crippen molar-refractivity contribution in [3.8, 4) is 11.4 Å². The van der Waals surface area contributed by atoms with Crippen molar-refractivity contribution in [1.29, 1.82) is 0 Å². The fourth-order valence-corrected chi connectivity index (χ4v) is 3.28. The van der Waals surface area contributed by atoms with Gasteiger partial charge in [-0.15, -0.1) is 10.2 Å². The predicted molar refractivity (Wildman–Crippen MR) is 105 cm³/mol. The highest BCUT2D eigenvalue weighted by molar-refractivity contribution is 5.95. The van der Waals surface area contributed by atoms with Crippen molar-refractivity contribution in [3.63, 3.8) is 0 Å². The molecule has 27 heavy (non-hydrogen) atoms. The van der Waals surface area contributed by atoms with Gasteiger partial charge >= 0.3 is 0 Å². The van der Waals surface area contributed by atoms with Gasteiger partial charge in [0.05, 0.1) is 0 Å². The van der Waals surface area contributed by atoms with E-state index in [1.807, 2.05) is 33.7 Å². The summed E-state index contributed by atoms with van der Waals surface area (Å²) in [4.78, 5) is 15.1. The first-order chi connectivity index (χ1) is 13.2. The Morgan fingerprint density at radius 1 is 1.11 bits per heavy atom. The average Bonchev–Trinajstić information content (AvgIpc) is 3.43. The van der Waals surface area contributed by atoms with Crippen molar-refractivity contribution in [2.45, 2.75) is 45.8 Å². The Kier molecular flexibility index (Phi) is 4.75. The smallest absolute Gasteiger partial charge is 0.254 e. The summed E-state index contributed by atoms with van der Waals surface area (Å²) in [5, 5.41) is 8.16. The van der Waals surface area contributed by atoms with E-state index in [4.69, 9.17) is 0 Å². The third kappa shape index (κ3) is 3.77. The summed E-state index contributed by atoms with van der Waals surface area (Å²) in [5.74, 6) is 0.928. The molecule has 1 saturated carbocycles. The summed E-state index contributed by atoms with van der Waals surface area (Å²) < 4.78 is 1.99. The number of hydrogen-bond donors (Lipinski definition) is 0. The molecule has 0 radical (unpaired) electrons. The van der Waals surface area contributed by atoms with E-state index in [-0.39, 0.29) is 5.91 Å². The molecule has 0 bridgehead atoms. The van der Waals surface area contributed by atoms with Crippen molar-refractivity contribution in [2.75, 3.05) is 0 Å². The van der Waals surface area contributed by atoms with Crippen molar-refractivity contribution < 1.29 is 4.79 Å². The molecule has 0 atom stereocenters. The van der Waals surface area contributed by atoms with Crippen molar-refractivity contribution >= 4 is 5.91 Å². The topological polar surface area (TPSA) is 51.0 Å². The molecule has 1 aromatic heterocycles. The number of aromatic nitrogens is 3. The van der Waals surface area contributed by atoms with Crippen LogP contribution in [-0.4, -0.2) is 31.6 Å². The van der Waals surface area contributed by atoms with E-state index in [0.29, 0.717) is 12.6 Å². The van der Waals surface area contributed by atoms with Crippen LogP contribution in [0.5, 0.6) is 0 Å². The van der Waals surface area contributed by atoms with Gasteiger partial charge in [0.1, 0.15) is 6.33 Å². The van der Waals surface area contributed by atoms with E-state index >= 15 is 0 Å². The fourth-order valence-electron chi connectivity index (χ4n) is 3.28. The standard InChI is InChI=1S/C22H24N4O/c1-3-25-15-23-24-21(25)18-8-10-19(11-9-18)22(27)26(20-12-13-20)14-17-6-4-16(2)5-7-17/h4-11,15,20H,3,12-14H2,1-2H3. The molecular formula is C22H24N4O. The molecule has 138 valence electrons. The highest BCUT2D eigenvalue weighted by Gasteiger charge is 2.33. The maximum atomic E-state index is 13.1. The minimum atomic E-state index is 0.0987. The zero-order valence-corrected chi connectivity index (χ0v) is 15.8. The molecule has 1 amide bonds. The van der Waals surface area contributed by atoms with Gasteiger partial charge in [-0.25, -0.2) is 0 Å². The Bertz CT molecular complexity index is 924. The first kappa shape index (κ1) is 17.5. The number of carbonyl (C=O) groups excluding carboxylic acids is 1. The van der Waals surface area contributed by atoms with Crippen LogP contribution in [-0.2, 0) is 13.1 Å². The van der Waals surface area contributed by atoms with Gasteiger partial charge < -0.3 is 9.47 Å². The van der Waals surface area contributed by atoms with Gasteiger partial charge in [0.25, 0.3) is 5.91 Å². The molecule has 0 saturated heterocycles. The zero-order chi connectivity index (χ0) is 18.8.